The number of amides is 1. The normalized spacial score (nSPS) is 10.1. The molecule has 2 aromatic rings. The van der Waals surface area contributed by atoms with Crippen molar-refractivity contribution in [1.29, 1.82) is 0 Å². The Bertz CT molecular complexity index is 701. The first-order chi connectivity index (χ1) is 9.88. The molecule has 2 aromatic carbocycles. The summed E-state index contributed by atoms with van der Waals surface area (Å²) in [6.07, 6.45) is 0. The van der Waals surface area contributed by atoms with Gasteiger partial charge in [-0.15, -0.1) is 0 Å². The van der Waals surface area contributed by atoms with Gasteiger partial charge in [-0.25, -0.2) is 4.79 Å². The van der Waals surface area contributed by atoms with Crippen molar-refractivity contribution in [2.45, 2.75) is 6.92 Å². The molecule has 4 N–H and O–H groups in total. The zero-order chi connectivity index (χ0) is 15.6. The lowest BCUT2D eigenvalue weighted by Gasteiger charge is -2.10. The van der Waals surface area contributed by atoms with Crippen LogP contribution >= 0.6 is 0 Å². The second-order valence-electron chi connectivity index (χ2n) is 4.50. The number of phenolic OH excluding ortho intramolecular Hbond substituents is 1. The van der Waals surface area contributed by atoms with Gasteiger partial charge in [0.1, 0.15) is 17.1 Å². The number of phenols is 2. The third-order valence-electron chi connectivity index (χ3n) is 2.89. The van der Waals surface area contributed by atoms with Crippen molar-refractivity contribution in [3.63, 3.8) is 0 Å². The Hall–Kier alpha value is -3.02. The van der Waals surface area contributed by atoms with E-state index in [2.05, 4.69) is 5.32 Å². The largest absolute Gasteiger partial charge is 0.508 e. The van der Waals surface area contributed by atoms with E-state index in [1.54, 1.807) is 0 Å². The van der Waals surface area contributed by atoms with Crippen molar-refractivity contribution >= 4 is 17.6 Å². The average Bonchev–Trinajstić information content (AvgIpc) is 2.37. The van der Waals surface area contributed by atoms with Gasteiger partial charge in [0, 0.05) is 17.3 Å². The van der Waals surface area contributed by atoms with Crippen LogP contribution in [0.15, 0.2) is 36.4 Å². The predicted octanol–water partition coefficient (Wildman–Crippen LogP) is 2.36. The number of anilines is 1. The Morgan fingerprint density at radius 2 is 1.81 bits per heavy atom. The van der Waals surface area contributed by atoms with Gasteiger partial charge in [-0.1, -0.05) is 6.07 Å². The molecule has 0 aromatic heterocycles. The van der Waals surface area contributed by atoms with E-state index >= 15 is 0 Å². The van der Waals surface area contributed by atoms with Gasteiger partial charge in [0.05, 0.1) is 0 Å². The predicted molar refractivity (Wildman–Crippen MR) is 75.9 cm³/mol. The molecule has 0 aliphatic heterocycles. The second-order valence-corrected chi connectivity index (χ2v) is 4.50. The van der Waals surface area contributed by atoms with Gasteiger partial charge < -0.3 is 20.6 Å². The van der Waals surface area contributed by atoms with Crippen LogP contribution in [0.3, 0.4) is 0 Å². The van der Waals surface area contributed by atoms with E-state index in [9.17, 15) is 19.8 Å². The molecular formula is C15H13NO5. The van der Waals surface area contributed by atoms with Crippen LogP contribution < -0.4 is 5.32 Å². The second kappa shape index (κ2) is 5.54. The Balaban J connectivity index is 2.28. The number of carbonyl (C=O) groups excluding carboxylic acids is 1. The standard InChI is InChI=1S/C15H13NO5/c1-8-5-10(7-12(18)13(8)15(20)21)16-14(19)9-3-2-4-11(17)6-9/h2-7,17-18H,1H3,(H,16,19)(H,20,21). The average molecular weight is 287 g/mol. The van der Waals surface area contributed by atoms with Crippen LogP contribution in [0.5, 0.6) is 11.5 Å². The lowest BCUT2D eigenvalue weighted by Crippen LogP contribution is -2.12. The lowest BCUT2D eigenvalue weighted by atomic mass is 10.1. The minimum atomic E-state index is -1.24. The van der Waals surface area contributed by atoms with Crippen LogP contribution in [0.4, 0.5) is 5.69 Å². The highest BCUT2D eigenvalue weighted by Crippen LogP contribution is 2.26. The summed E-state index contributed by atoms with van der Waals surface area (Å²) in [5.41, 5.74) is 0.636. The fraction of sp³-hybridized carbons (Fsp3) is 0.0667. The topological polar surface area (TPSA) is 107 Å². The molecule has 0 fully saturated rings. The molecule has 6 nitrogen and oxygen atoms in total. The Morgan fingerprint density at radius 1 is 1.10 bits per heavy atom. The van der Waals surface area contributed by atoms with Crippen molar-refractivity contribution in [2.24, 2.45) is 0 Å². The summed E-state index contributed by atoms with van der Waals surface area (Å²) >= 11 is 0. The molecule has 6 heteroatoms. The van der Waals surface area contributed by atoms with Gasteiger partial charge in [0.2, 0.25) is 0 Å². The molecule has 0 unspecified atom stereocenters. The van der Waals surface area contributed by atoms with E-state index in [0.29, 0.717) is 5.56 Å². The number of nitrogens with one attached hydrogen (secondary N) is 1. The summed E-state index contributed by atoms with van der Waals surface area (Å²) in [4.78, 5) is 22.9. The van der Waals surface area contributed by atoms with E-state index in [4.69, 9.17) is 5.11 Å². The molecule has 0 aliphatic rings. The summed E-state index contributed by atoms with van der Waals surface area (Å²) in [7, 11) is 0. The number of rotatable bonds is 3. The Morgan fingerprint density at radius 3 is 2.38 bits per heavy atom. The number of hydrogen-bond acceptors (Lipinski definition) is 4. The molecule has 0 aliphatic carbocycles. The molecule has 0 bridgehead atoms. The number of benzene rings is 2. The monoisotopic (exact) mass is 287 g/mol. The van der Waals surface area contributed by atoms with Crippen LogP contribution in [0, 0.1) is 6.92 Å². The number of carboxylic acids is 1. The van der Waals surface area contributed by atoms with E-state index < -0.39 is 17.6 Å². The maximum absolute atomic E-state index is 12.0. The number of aryl methyl sites for hydroxylation is 1. The zero-order valence-electron chi connectivity index (χ0n) is 11.1. The zero-order valence-corrected chi connectivity index (χ0v) is 11.1. The molecule has 0 heterocycles. The highest BCUT2D eigenvalue weighted by molar-refractivity contribution is 6.05. The smallest absolute Gasteiger partial charge is 0.339 e. The van der Waals surface area contributed by atoms with Gasteiger partial charge in [0.25, 0.3) is 5.91 Å². The summed E-state index contributed by atoms with van der Waals surface area (Å²) in [6, 6.07) is 8.40. The van der Waals surface area contributed by atoms with Crippen molar-refractivity contribution in [3.05, 3.63) is 53.1 Å². The Labute approximate surface area is 120 Å². The molecule has 1 amide bonds. The highest BCUT2D eigenvalue weighted by Gasteiger charge is 2.15. The van der Waals surface area contributed by atoms with Crippen molar-refractivity contribution in [1.82, 2.24) is 0 Å². The van der Waals surface area contributed by atoms with Crippen LogP contribution in [0.2, 0.25) is 0 Å². The highest BCUT2D eigenvalue weighted by atomic mass is 16.4. The maximum Gasteiger partial charge on any atom is 0.339 e. The van der Waals surface area contributed by atoms with E-state index in [1.807, 2.05) is 0 Å². The van der Waals surface area contributed by atoms with Gasteiger partial charge in [-0.2, -0.15) is 0 Å². The van der Waals surface area contributed by atoms with E-state index in [0.717, 1.165) is 6.07 Å². The number of aromatic carboxylic acids is 1. The first-order valence-electron chi connectivity index (χ1n) is 6.06. The minimum Gasteiger partial charge on any atom is -0.508 e. The van der Waals surface area contributed by atoms with Gasteiger partial charge in [-0.3, -0.25) is 4.79 Å². The molecule has 0 radical (unpaired) electrons. The maximum atomic E-state index is 12.0. The van der Waals surface area contributed by atoms with Crippen molar-refractivity contribution < 1.29 is 24.9 Å². The minimum absolute atomic E-state index is 0.0390. The van der Waals surface area contributed by atoms with Crippen LogP contribution in [0.25, 0.3) is 0 Å². The quantitative estimate of drug-likeness (QED) is 0.693. The van der Waals surface area contributed by atoms with Gasteiger partial charge in [0.15, 0.2) is 0 Å². The molecule has 2 rings (SSSR count). The summed E-state index contributed by atoms with van der Waals surface area (Å²) in [6.45, 7) is 1.52. The van der Waals surface area contributed by atoms with Crippen LogP contribution in [-0.2, 0) is 0 Å². The van der Waals surface area contributed by atoms with Gasteiger partial charge >= 0.3 is 5.97 Å². The molecule has 0 saturated carbocycles. The fourth-order valence-corrected chi connectivity index (χ4v) is 1.97. The number of aromatic hydroxyl groups is 2. The van der Waals surface area contributed by atoms with E-state index in [-0.39, 0.29) is 22.6 Å². The van der Waals surface area contributed by atoms with Crippen molar-refractivity contribution in [2.75, 3.05) is 5.32 Å². The van der Waals surface area contributed by atoms with Crippen molar-refractivity contribution in [3.8, 4) is 11.5 Å². The molecule has 0 atom stereocenters. The van der Waals surface area contributed by atoms with Crippen LogP contribution in [0.1, 0.15) is 26.3 Å². The number of carbonyl (C=O) groups is 2. The van der Waals surface area contributed by atoms with Gasteiger partial charge in [-0.05, 0) is 36.8 Å². The first-order valence-corrected chi connectivity index (χ1v) is 6.06. The van der Waals surface area contributed by atoms with E-state index in [1.165, 1.54) is 37.3 Å². The SMILES string of the molecule is Cc1cc(NC(=O)c2cccc(O)c2)cc(O)c1C(=O)O. The molecule has 21 heavy (non-hydrogen) atoms. The number of hydrogen-bond donors (Lipinski definition) is 4. The fourth-order valence-electron chi connectivity index (χ4n) is 1.97. The molecule has 0 saturated heterocycles. The third-order valence-corrected chi connectivity index (χ3v) is 2.89. The molecule has 108 valence electrons. The Kier molecular flexibility index (Phi) is 3.80. The molecule has 0 spiro atoms. The summed E-state index contributed by atoms with van der Waals surface area (Å²) < 4.78 is 0. The third kappa shape index (κ3) is 3.11. The van der Waals surface area contributed by atoms with Crippen LogP contribution in [-0.4, -0.2) is 27.2 Å². The summed E-state index contributed by atoms with van der Waals surface area (Å²) in [5, 5.41) is 30.5. The summed E-state index contributed by atoms with van der Waals surface area (Å²) in [5.74, 6) is -2.18. The molecular weight excluding hydrogens is 274 g/mol. The first kappa shape index (κ1) is 14.4. The lowest BCUT2D eigenvalue weighted by molar-refractivity contribution is 0.0693. The number of carboxylic acid groups (broad SMARTS) is 1.